The third-order valence-corrected chi connectivity index (χ3v) is 2.57. The van der Waals surface area contributed by atoms with E-state index in [1.165, 1.54) is 18.2 Å². The van der Waals surface area contributed by atoms with Crippen molar-refractivity contribution >= 4 is 23.1 Å². The van der Waals surface area contributed by atoms with Crippen LogP contribution in [0.15, 0.2) is 18.2 Å². The van der Waals surface area contributed by atoms with Gasteiger partial charge in [-0.25, -0.2) is 0 Å². The number of hydrogen-bond donors (Lipinski definition) is 2. The van der Waals surface area contributed by atoms with Crippen molar-refractivity contribution in [3.8, 4) is 0 Å². The van der Waals surface area contributed by atoms with Crippen LogP contribution >= 0.6 is 0 Å². The van der Waals surface area contributed by atoms with E-state index in [1.807, 2.05) is 0 Å². The van der Waals surface area contributed by atoms with Gasteiger partial charge in [0.1, 0.15) is 5.78 Å². The molecule has 102 valence electrons. The van der Waals surface area contributed by atoms with E-state index in [4.69, 9.17) is 5.11 Å². The van der Waals surface area contributed by atoms with Crippen LogP contribution in [0.4, 0.5) is 11.4 Å². The lowest BCUT2D eigenvalue weighted by Gasteiger charge is -2.08. The van der Waals surface area contributed by atoms with E-state index in [1.54, 1.807) is 7.05 Å². The van der Waals surface area contributed by atoms with Gasteiger partial charge >= 0.3 is 5.97 Å². The van der Waals surface area contributed by atoms with E-state index in [9.17, 15) is 19.7 Å². The van der Waals surface area contributed by atoms with E-state index < -0.39 is 10.9 Å². The minimum absolute atomic E-state index is 0.0227. The number of hydrogen-bond acceptors (Lipinski definition) is 5. The number of carboxylic acid groups (broad SMARTS) is 1. The molecule has 0 radical (unpaired) electrons. The van der Waals surface area contributed by atoms with E-state index in [-0.39, 0.29) is 30.7 Å². The molecule has 0 aliphatic heterocycles. The van der Waals surface area contributed by atoms with Gasteiger partial charge in [0.2, 0.25) is 0 Å². The van der Waals surface area contributed by atoms with Crippen LogP contribution in [0.1, 0.15) is 18.4 Å². The fourth-order valence-electron chi connectivity index (χ4n) is 1.63. The fraction of sp³-hybridized carbons (Fsp3) is 0.333. The number of aliphatic carboxylic acids is 1. The van der Waals surface area contributed by atoms with E-state index in [2.05, 4.69) is 5.32 Å². The van der Waals surface area contributed by atoms with Crippen molar-refractivity contribution in [1.29, 1.82) is 0 Å². The molecule has 1 aromatic carbocycles. The lowest BCUT2D eigenvalue weighted by Crippen LogP contribution is -2.08. The average molecular weight is 266 g/mol. The smallest absolute Gasteiger partial charge is 0.303 e. The Balaban J connectivity index is 2.85. The highest BCUT2D eigenvalue weighted by Gasteiger charge is 2.14. The van der Waals surface area contributed by atoms with Crippen molar-refractivity contribution < 1.29 is 19.6 Å². The number of anilines is 1. The van der Waals surface area contributed by atoms with Crippen molar-refractivity contribution in [2.75, 3.05) is 12.4 Å². The second-order valence-electron chi connectivity index (χ2n) is 3.96. The number of Topliss-reactive ketones (excluding diaryl/α,β-unsaturated/α-hetero) is 1. The summed E-state index contributed by atoms with van der Waals surface area (Å²) in [5.74, 6) is -1.30. The van der Waals surface area contributed by atoms with Crippen LogP contribution in [0.3, 0.4) is 0 Å². The van der Waals surface area contributed by atoms with Crippen LogP contribution in [-0.2, 0) is 16.0 Å². The first-order valence-corrected chi connectivity index (χ1v) is 5.62. The summed E-state index contributed by atoms with van der Waals surface area (Å²) in [6.45, 7) is 0. The highest BCUT2D eigenvalue weighted by molar-refractivity contribution is 5.85. The molecule has 0 bridgehead atoms. The molecular weight excluding hydrogens is 252 g/mol. The van der Waals surface area contributed by atoms with Crippen LogP contribution in [0.25, 0.3) is 0 Å². The molecule has 0 saturated carbocycles. The van der Waals surface area contributed by atoms with Gasteiger partial charge in [-0.1, -0.05) is 0 Å². The molecule has 0 unspecified atom stereocenters. The summed E-state index contributed by atoms with van der Waals surface area (Å²) in [4.78, 5) is 32.1. The van der Waals surface area contributed by atoms with Crippen LogP contribution in [0, 0.1) is 10.1 Å². The number of carbonyl (C=O) groups is 2. The van der Waals surface area contributed by atoms with Gasteiger partial charge in [0.05, 0.1) is 11.3 Å². The molecule has 2 N–H and O–H groups in total. The predicted molar refractivity (Wildman–Crippen MR) is 68.2 cm³/mol. The molecular formula is C12H14N2O5. The Labute approximate surface area is 109 Å². The number of nitrogens with one attached hydrogen (secondary N) is 1. The van der Waals surface area contributed by atoms with Crippen molar-refractivity contribution in [3.05, 3.63) is 33.9 Å². The minimum Gasteiger partial charge on any atom is -0.481 e. The quantitative estimate of drug-likeness (QED) is 0.573. The van der Waals surface area contributed by atoms with Crippen molar-refractivity contribution in [1.82, 2.24) is 0 Å². The number of benzene rings is 1. The number of nitrogens with zero attached hydrogens (tertiary/aromatic N) is 1. The van der Waals surface area contributed by atoms with Gasteiger partial charge in [0.15, 0.2) is 0 Å². The number of ketones is 1. The molecule has 0 spiro atoms. The molecule has 0 amide bonds. The number of carboxylic acids is 1. The van der Waals surface area contributed by atoms with Gasteiger partial charge in [-0.3, -0.25) is 19.7 Å². The first kappa shape index (κ1) is 14.6. The summed E-state index contributed by atoms with van der Waals surface area (Å²) in [5.41, 5.74) is 1.02. The molecule has 0 aliphatic rings. The first-order chi connectivity index (χ1) is 8.93. The molecule has 7 heteroatoms. The fourth-order valence-corrected chi connectivity index (χ4v) is 1.63. The predicted octanol–water partition coefficient (Wildman–Crippen LogP) is 1.61. The zero-order valence-electron chi connectivity index (χ0n) is 10.4. The maximum atomic E-state index is 11.6. The summed E-state index contributed by atoms with van der Waals surface area (Å²) in [7, 11) is 1.65. The molecule has 0 aliphatic carbocycles. The standard InChI is InChI=1S/C12H14N2O5/c1-13-11-4-2-9(14(18)19)6-8(11)7-10(15)3-5-12(16)17/h2,4,6,13H,3,5,7H2,1H3,(H,16,17). The number of nitro groups is 1. The van der Waals surface area contributed by atoms with Gasteiger partial charge in [-0.15, -0.1) is 0 Å². The summed E-state index contributed by atoms with van der Waals surface area (Å²) < 4.78 is 0. The van der Waals surface area contributed by atoms with Crippen LogP contribution in [-0.4, -0.2) is 28.8 Å². The molecule has 0 saturated heterocycles. The number of non-ortho nitro benzene ring substituents is 1. The van der Waals surface area contributed by atoms with Gasteiger partial charge < -0.3 is 10.4 Å². The van der Waals surface area contributed by atoms with Gasteiger partial charge in [-0.2, -0.15) is 0 Å². The number of carbonyl (C=O) groups excluding carboxylic acids is 1. The third-order valence-electron chi connectivity index (χ3n) is 2.57. The molecule has 1 aromatic rings. The number of nitro benzene ring substituents is 1. The largest absolute Gasteiger partial charge is 0.481 e. The maximum Gasteiger partial charge on any atom is 0.303 e. The minimum atomic E-state index is -1.04. The van der Waals surface area contributed by atoms with E-state index in [0.29, 0.717) is 11.3 Å². The third kappa shape index (κ3) is 4.38. The Morgan fingerprint density at radius 3 is 2.58 bits per heavy atom. The zero-order valence-corrected chi connectivity index (χ0v) is 10.4. The highest BCUT2D eigenvalue weighted by atomic mass is 16.6. The Kier molecular flexibility index (Phi) is 4.99. The highest BCUT2D eigenvalue weighted by Crippen LogP contribution is 2.22. The van der Waals surface area contributed by atoms with Crippen LogP contribution < -0.4 is 5.32 Å². The molecule has 0 aromatic heterocycles. The lowest BCUT2D eigenvalue weighted by molar-refractivity contribution is -0.384. The summed E-state index contributed by atoms with van der Waals surface area (Å²) in [5, 5.41) is 22.0. The molecule has 0 heterocycles. The molecule has 0 atom stereocenters. The Morgan fingerprint density at radius 2 is 2.05 bits per heavy atom. The lowest BCUT2D eigenvalue weighted by atomic mass is 10.0. The van der Waals surface area contributed by atoms with Gasteiger partial charge in [0.25, 0.3) is 5.69 Å². The monoisotopic (exact) mass is 266 g/mol. The van der Waals surface area contributed by atoms with Crippen LogP contribution in [0.5, 0.6) is 0 Å². The van der Waals surface area contributed by atoms with Crippen molar-refractivity contribution in [2.24, 2.45) is 0 Å². The van der Waals surface area contributed by atoms with E-state index >= 15 is 0 Å². The maximum absolute atomic E-state index is 11.6. The average Bonchev–Trinajstić information content (AvgIpc) is 2.36. The van der Waals surface area contributed by atoms with Gasteiger partial charge in [0, 0.05) is 37.7 Å². The molecule has 1 rings (SSSR count). The summed E-state index contributed by atoms with van der Waals surface area (Å²) in [6.07, 6.45) is -0.338. The normalized spacial score (nSPS) is 9.95. The Bertz CT molecular complexity index is 513. The molecule has 0 fully saturated rings. The van der Waals surface area contributed by atoms with Gasteiger partial charge in [-0.05, 0) is 11.6 Å². The summed E-state index contributed by atoms with van der Waals surface area (Å²) in [6, 6.07) is 4.19. The first-order valence-electron chi connectivity index (χ1n) is 5.62. The SMILES string of the molecule is CNc1ccc([N+](=O)[O-])cc1CC(=O)CCC(=O)O. The molecule has 7 nitrogen and oxygen atoms in total. The summed E-state index contributed by atoms with van der Waals surface area (Å²) >= 11 is 0. The van der Waals surface area contributed by atoms with E-state index in [0.717, 1.165) is 0 Å². The second-order valence-corrected chi connectivity index (χ2v) is 3.96. The second kappa shape index (κ2) is 6.48. The number of rotatable bonds is 7. The topological polar surface area (TPSA) is 110 Å². The Morgan fingerprint density at radius 1 is 1.37 bits per heavy atom. The molecule has 19 heavy (non-hydrogen) atoms. The van der Waals surface area contributed by atoms with Crippen LogP contribution in [0.2, 0.25) is 0 Å². The van der Waals surface area contributed by atoms with Crippen molar-refractivity contribution in [3.63, 3.8) is 0 Å². The zero-order chi connectivity index (χ0) is 14.4. The van der Waals surface area contributed by atoms with Crippen molar-refractivity contribution in [2.45, 2.75) is 19.3 Å². The Hall–Kier alpha value is -2.44.